The Bertz CT molecular complexity index is 1020. The molecule has 0 radical (unpaired) electrons. The number of H-pyrrole nitrogens is 1. The highest BCUT2D eigenvalue weighted by Crippen LogP contribution is 2.50. The van der Waals surface area contributed by atoms with Crippen LogP contribution in [0.4, 0.5) is 26.3 Å². The molecule has 0 unspecified atom stereocenters. The van der Waals surface area contributed by atoms with E-state index in [-0.39, 0.29) is 16.8 Å². The Hall–Kier alpha value is -2.88. The van der Waals surface area contributed by atoms with E-state index in [0.29, 0.717) is 17.6 Å². The van der Waals surface area contributed by atoms with Gasteiger partial charge in [-0.1, -0.05) is 36.4 Å². The number of nitrogens with one attached hydrogen (secondary N) is 1. The lowest BCUT2D eigenvalue weighted by Gasteiger charge is -2.32. The van der Waals surface area contributed by atoms with Crippen LogP contribution >= 0.6 is 0 Å². The van der Waals surface area contributed by atoms with Gasteiger partial charge in [0.05, 0.1) is 10.9 Å². The average molecular weight is 388 g/mol. The quantitative estimate of drug-likeness (QED) is 0.655. The van der Waals surface area contributed by atoms with E-state index in [0.717, 1.165) is 12.1 Å². The number of aromatic nitrogens is 2. The molecule has 27 heavy (non-hydrogen) atoms. The van der Waals surface area contributed by atoms with Crippen molar-refractivity contribution in [3.05, 3.63) is 64.4 Å². The van der Waals surface area contributed by atoms with Gasteiger partial charge in [-0.15, -0.1) is 0 Å². The van der Waals surface area contributed by atoms with Gasteiger partial charge < -0.3 is 10.1 Å². The standard InChI is InChI=1S/C17H10F6N2O2/c18-16(19,20)15(27,17(21,22)23)10-7-5-9(6-8-10)13-24-12-4-2-1-3-11(12)14(26)25-13/h1-8,27H,(H,24,25,26). The van der Waals surface area contributed by atoms with Crippen LogP contribution < -0.4 is 5.56 Å². The minimum absolute atomic E-state index is 0.0344. The van der Waals surface area contributed by atoms with Crippen LogP contribution in [0.3, 0.4) is 0 Å². The normalized spacial score (nSPS) is 13.1. The van der Waals surface area contributed by atoms with Gasteiger partial charge in [-0.3, -0.25) is 4.79 Å². The number of alkyl halides is 6. The molecule has 0 saturated carbocycles. The third kappa shape index (κ3) is 3.05. The molecule has 2 aromatic carbocycles. The number of hydrogen-bond acceptors (Lipinski definition) is 3. The van der Waals surface area contributed by atoms with Gasteiger partial charge >= 0.3 is 12.4 Å². The maximum atomic E-state index is 12.9. The molecular weight excluding hydrogens is 378 g/mol. The van der Waals surface area contributed by atoms with Crippen LogP contribution in [0.1, 0.15) is 5.56 Å². The highest BCUT2D eigenvalue weighted by Gasteiger charge is 2.71. The molecule has 3 rings (SSSR count). The lowest BCUT2D eigenvalue weighted by Crippen LogP contribution is -2.53. The Balaban J connectivity index is 2.09. The van der Waals surface area contributed by atoms with Gasteiger partial charge in [0.25, 0.3) is 11.2 Å². The predicted molar refractivity (Wildman–Crippen MR) is 83.8 cm³/mol. The van der Waals surface area contributed by atoms with Crippen molar-refractivity contribution in [2.24, 2.45) is 0 Å². The van der Waals surface area contributed by atoms with Crippen LogP contribution in [-0.4, -0.2) is 27.4 Å². The smallest absolute Gasteiger partial charge is 0.369 e. The van der Waals surface area contributed by atoms with Crippen molar-refractivity contribution in [3.8, 4) is 11.4 Å². The van der Waals surface area contributed by atoms with Gasteiger partial charge in [0.15, 0.2) is 0 Å². The SMILES string of the molecule is O=c1[nH]c(-c2ccc(C(O)(C(F)(F)F)C(F)(F)F)cc2)nc2ccccc12. The van der Waals surface area contributed by atoms with Gasteiger partial charge in [0.2, 0.25) is 0 Å². The maximum Gasteiger partial charge on any atom is 0.430 e. The molecule has 0 aliphatic rings. The first kappa shape index (κ1) is 18.9. The number of benzene rings is 2. The summed E-state index contributed by atoms with van der Waals surface area (Å²) in [6.45, 7) is 0. The van der Waals surface area contributed by atoms with E-state index in [1.165, 1.54) is 12.1 Å². The Morgan fingerprint density at radius 1 is 0.852 bits per heavy atom. The topological polar surface area (TPSA) is 66.0 Å². The predicted octanol–water partition coefficient (Wildman–Crippen LogP) is 3.90. The third-order valence-corrected chi connectivity index (χ3v) is 4.01. The number of aliphatic hydroxyl groups is 1. The zero-order valence-electron chi connectivity index (χ0n) is 13.2. The van der Waals surface area contributed by atoms with Crippen molar-refractivity contribution < 1.29 is 31.4 Å². The fourth-order valence-corrected chi connectivity index (χ4v) is 2.58. The molecule has 0 saturated heterocycles. The minimum Gasteiger partial charge on any atom is -0.369 e. The summed E-state index contributed by atoms with van der Waals surface area (Å²) in [6, 6.07) is 9.08. The Labute approximate surface area is 147 Å². The fourth-order valence-electron chi connectivity index (χ4n) is 2.58. The van der Waals surface area contributed by atoms with Crippen molar-refractivity contribution >= 4 is 10.9 Å². The molecule has 10 heteroatoms. The molecule has 0 atom stereocenters. The number of nitrogens with zero attached hydrogens (tertiary/aromatic N) is 1. The molecule has 0 aliphatic heterocycles. The van der Waals surface area contributed by atoms with Crippen LogP contribution in [0.5, 0.6) is 0 Å². The van der Waals surface area contributed by atoms with E-state index in [9.17, 15) is 36.2 Å². The van der Waals surface area contributed by atoms with E-state index in [2.05, 4.69) is 9.97 Å². The molecule has 1 aromatic heterocycles. The van der Waals surface area contributed by atoms with E-state index in [1.807, 2.05) is 0 Å². The number of halogens is 6. The van der Waals surface area contributed by atoms with Crippen LogP contribution in [0, 0.1) is 0 Å². The summed E-state index contributed by atoms with van der Waals surface area (Å²) in [6.07, 6.45) is -11.9. The fraction of sp³-hybridized carbons (Fsp3) is 0.176. The second kappa shape index (κ2) is 6.08. The van der Waals surface area contributed by atoms with Crippen LogP contribution in [0.2, 0.25) is 0 Å². The van der Waals surface area contributed by atoms with Crippen molar-refractivity contribution in [2.45, 2.75) is 18.0 Å². The average Bonchev–Trinajstić information content (AvgIpc) is 2.59. The van der Waals surface area contributed by atoms with Gasteiger partial charge in [-0.25, -0.2) is 4.98 Å². The highest BCUT2D eigenvalue weighted by molar-refractivity contribution is 5.79. The minimum atomic E-state index is -5.97. The molecule has 4 nitrogen and oxygen atoms in total. The Morgan fingerprint density at radius 3 is 1.96 bits per heavy atom. The van der Waals surface area contributed by atoms with E-state index < -0.39 is 29.1 Å². The molecule has 0 bridgehead atoms. The summed E-state index contributed by atoms with van der Waals surface area (Å²) in [5.74, 6) is -0.0344. The van der Waals surface area contributed by atoms with Gasteiger partial charge in [0, 0.05) is 11.1 Å². The van der Waals surface area contributed by atoms with E-state index >= 15 is 0 Å². The maximum absolute atomic E-state index is 12.9. The Kier molecular flexibility index (Phi) is 4.26. The number of aromatic amines is 1. The molecule has 0 aliphatic carbocycles. The lowest BCUT2D eigenvalue weighted by atomic mass is 9.91. The summed E-state index contributed by atoms with van der Waals surface area (Å²) in [5.41, 5.74) is -6.53. The van der Waals surface area contributed by atoms with Crippen molar-refractivity contribution in [2.75, 3.05) is 0 Å². The van der Waals surface area contributed by atoms with Crippen molar-refractivity contribution in [1.82, 2.24) is 9.97 Å². The third-order valence-electron chi connectivity index (χ3n) is 4.01. The van der Waals surface area contributed by atoms with Gasteiger partial charge in [-0.05, 0) is 12.1 Å². The van der Waals surface area contributed by atoms with Crippen LogP contribution in [0.25, 0.3) is 22.3 Å². The molecular formula is C17H10F6N2O2. The molecule has 3 aromatic rings. The number of rotatable bonds is 2. The lowest BCUT2D eigenvalue weighted by molar-refractivity contribution is -0.376. The van der Waals surface area contributed by atoms with Crippen LogP contribution in [-0.2, 0) is 5.60 Å². The number of hydrogen-bond donors (Lipinski definition) is 2. The molecule has 0 spiro atoms. The monoisotopic (exact) mass is 388 g/mol. The van der Waals surface area contributed by atoms with Gasteiger partial charge in [-0.2, -0.15) is 26.3 Å². The van der Waals surface area contributed by atoms with Gasteiger partial charge in [0.1, 0.15) is 5.82 Å². The summed E-state index contributed by atoms with van der Waals surface area (Å²) >= 11 is 0. The largest absolute Gasteiger partial charge is 0.430 e. The summed E-state index contributed by atoms with van der Waals surface area (Å²) in [4.78, 5) is 18.6. The summed E-state index contributed by atoms with van der Waals surface area (Å²) < 4.78 is 77.4. The molecule has 1 heterocycles. The van der Waals surface area contributed by atoms with E-state index in [1.54, 1.807) is 12.1 Å². The van der Waals surface area contributed by atoms with Crippen molar-refractivity contribution in [3.63, 3.8) is 0 Å². The molecule has 142 valence electrons. The molecule has 2 N–H and O–H groups in total. The number of para-hydroxylation sites is 1. The second-order valence-corrected chi connectivity index (χ2v) is 5.71. The molecule has 0 amide bonds. The molecule has 0 fully saturated rings. The van der Waals surface area contributed by atoms with Crippen LogP contribution in [0.15, 0.2) is 53.3 Å². The Morgan fingerprint density at radius 2 is 1.41 bits per heavy atom. The first-order valence-corrected chi connectivity index (χ1v) is 7.41. The van der Waals surface area contributed by atoms with E-state index in [4.69, 9.17) is 0 Å². The zero-order valence-corrected chi connectivity index (χ0v) is 13.2. The zero-order chi connectivity index (χ0) is 20.0. The van der Waals surface area contributed by atoms with Crippen molar-refractivity contribution in [1.29, 1.82) is 0 Å². The first-order chi connectivity index (χ1) is 12.4. The summed E-state index contributed by atoms with van der Waals surface area (Å²) in [5, 5.41) is 9.66. The summed E-state index contributed by atoms with van der Waals surface area (Å²) in [7, 11) is 0. The second-order valence-electron chi connectivity index (χ2n) is 5.71. The number of fused-ring (bicyclic) bond motifs is 1. The first-order valence-electron chi connectivity index (χ1n) is 7.41. The highest BCUT2D eigenvalue weighted by atomic mass is 19.4.